The number of nitrogens with zero attached hydrogens (tertiary/aromatic N) is 3. The van der Waals surface area contributed by atoms with Crippen LogP contribution in [0.25, 0.3) is 11.3 Å². The van der Waals surface area contributed by atoms with E-state index >= 15 is 0 Å². The van der Waals surface area contributed by atoms with Gasteiger partial charge in [-0.3, -0.25) is 9.59 Å². The zero-order valence-corrected chi connectivity index (χ0v) is 18.4. The number of amides is 1. The molecule has 1 aliphatic rings. The van der Waals surface area contributed by atoms with E-state index in [1.165, 1.54) is 11.0 Å². The predicted molar refractivity (Wildman–Crippen MR) is 121 cm³/mol. The average molecular weight is 454 g/mol. The number of aromatic nitrogens is 2. The smallest absolute Gasteiger partial charge is 0.267 e. The summed E-state index contributed by atoms with van der Waals surface area (Å²) in [4.78, 5) is 27.3. The van der Waals surface area contributed by atoms with Gasteiger partial charge in [-0.05, 0) is 36.8 Å². The van der Waals surface area contributed by atoms with Gasteiger partial charge in [0.05, 0.1) is 30.4 Å². The van der Waals surface area contributed by atoms with Crippen molar-refractivity contribution in [2.45, 2.75) is 19.0 Å². The first-order valence-corrected chi connectivity index (χ1v) is 12.0. The van der Waals surface area contributed by atoms with E-state index in [4.69, 9.17) is 4.74 Å². The average Bonchev–Trinajstić information content (AvgIpc) is 3.15. The second kappa shape index (κ2) is 8.96. The van der Waals surface area contributed by atoms with Crippen LogP contribution in [0.1, 0.15) is 6.42 Å². The Morgan fingerprint density at radius 2 is 1.81 bits per heavy atom. The maximum Gasteiger partial charge on any atom is 0.267 e. The van der Waals surface area contributed by atoms with Crippen molar-refractivity contribution in [3.05, 3.63) is 77.1 Å². The monoisotopic (exact) mass is 453 g/mol. The minimum absolute atomic E-state index is 0.0375. The third-order valence-electron chi connectivity index (χ3n) is 5.41. The van der Waals surface area contributed by atoms with Crippen molar-refractivity contribution in [3.63, 3.8) is 0 Å². The first-order valence-electron chi connectivity index (χ1n) is 10.2. The third kappa shape index (κ3) is 4.57. The molecule has 1 atom stereocenters. The van der Waals surface area contributed by atoms with Crippen LogP contribution in [0.15, 0.2) is 71.5 Å². The Labute approximate surface area is 186 Å². The first-order chi connectivity index (χ1) is 15.4. The van der Waals surface area contributed by atoms with Crippen LogP contribution in [0, 0.1) is 0 Å². The molecule has 2 heterocycles. The topological polar surface area (TPSA) is 98.6 Å². The molecule has 1 aromatic heterocycles. The number of sulfone groups is 1. The molecule has 32 heavy (non-hydrogen) atoms. The van der Waals surface area contributed by atoms with Crippen LogP contribution < -0.4 is 15.2 Å². The molecule has 4 rings (SSSR count). The number of carbonyl (C=O) groups is 1. The van der Waals surface area contributed by atoms with Crippen LogP contribution in [0.2, 0.25) is 0 Å². The second-order valence-corrected chi connectivity index (χ2v) is 9.80. The molecule has 1 fully saturated rings. The van der Waals surface area contributed by atoms with E-state index in [2.05, 4.69) is 5.10 Å². The Balaban J connectivity index is 1.67. The van der Waals surface area contributed by atoms with Gasteiger partial charge in [0.2, 0.25) is 5.91 Å². The standard InChI is InChI=1S/C23H23N3O5S/c1-31-21-10-6-5-9-19(21)20-11-12-22(27)25(24-20)15-23(28)26(17-7-3-2-4-8-17)18-13-14-32(29,30)16-18/h2-12,18H,13-16H2,1H3. The highest BCUT2D eigenvalue weighted by molar-refractivity contribution is 7.91. The highest BCUT2D eigenvalue weighted by atomic mass is 32.2. The maximum atomic E-state index is 13.3. The minimum Gasteiger partial charge on any atom is -0.496 e. The van der Waals surface area contributed by atoms with Crippen molar-refractivity contribution in [1.29, 1.82) is 0 Å². The van der Waals surface area contributed by atoms with Crippen LogP contribution in [0.4, 0.5) is 5.69 Å². The van der Waals surface area contributed by atoms with Gasteiger partial charge in [0, 0.05) is 17.3 Å². The van der Waals surface area contributed by atoms with Crippen molar-refractivity contribution in [1.82, 2.24) is 9.78 Å². The SMILES string of the molecule is COc1ccccc1-c1ccc(=O)n(CC(=O)N(c2ccccc2)C2CCS(=O)(=O)C2)n1. The number of carbonyl (C=O) groups excluding carboxylic acids is 1. The van der Waals surface area contributed by atoms with Gasteiger partial charge in [-0.1, -0.05) is 30.3 Å². The Kier molecular flexibility index (Phi) is 6.09. The lowest BCUT2D eigenvalue weighted by Crippen LogP contribution is -2.44. The molecule has 8 nitrogen and oxygen atoms in total. The van der Waals surface area contributed by atoms with Gasteiger partial charge in [-0.25, -0.2) is 13.1 Å². The molecular weight excluding hydrogens is 430 g/mol. The van der Waals surface area contributed by atoms with Gasteiger partial charge in [0.15, 0.2) is 9.84 Å². The van der Waals surface area contributed by atoms with Gasteiger partial charge in [0.25, 0.3) is 5.56 Å². The zero-order chi connectivity index (χ0) is 22.7. The van der Waals surface area contributed by atoms with Crippen LogP contribution in [-0.2, 0) is 21.2 Å². The van der Waals surface area contributed by atoms with Gasteiger partial charge in [0.1, 0.15) is 12.3 Å². The number of hydrogen-bond donors (Lipinski definition) is 0. The summed E-state index contributed by atoms with van der Waals surface area (Å²) in [6.07, 6.45) is 0.354. The number of para-hydroxylation sites is 2. The van der Waals surface area contributed by atoms with Crippen molar-refractivity contribution in [3.8, 4) is 17.0 Å². The molecule has 0 spiro atoms. The summed E-state index contributed by atoms with van der Waals surface area (Å²) < 4.78 is 30.6. The van der Waals surface area contributed by atoms with E-state index in [1.54, 1.807) is 43.5 Å². The molecular formula is C23H23N3O5S. The molecule has 1 saturated heterocycles. The molecule has 166 valence electrons. The molecule has 1 aliphatic heterocycles. The molecule has 0 bridgehead atoms. The molecule has 1 unspecified atom stereocenters. The molecule has 0 radical (unpaired) electrons. The number of methoxy groups -OCH3 is 1. The van der Waals surface area contributed by atoms with Gasteiger partial charge >= 0.3 is 0 Å². The number of benzene rings is 2. The number of rotatable bonds is 6. The Hall–Kier alpha value is -3.46. The van der Waals surface area contributed by atoms with Crippen molar-refractivity contribution < 1.29 is 17.9 Å². The quantitative estimate of drug-likeness (QED) is 0.567. The highest BCUT2D eigenvalue weighted by Gasteiger charge is 2.35. The molecule has 2 aromatic carbocycles. The minimum atomic E-state index is -3.21. The van der Waals surface area contributed by atoms with Crippen molar-refractivity contribution >= 4 is 21.4 Å². The summed E-state index contributed by atoms with van der Waals surface area (Å²) in [5.41, 5.74) is 1.35. The molecule has 0 aliphatic carbocycles. The summed E-state index contributed by atoms with van der Waals surface area (Å²) >= 11 is 0. The summed E-state index contributed by atoms with van der Waals surface area (Å²) in [7, 11) is -1.66. The fourth-order valence-electron chi connectivity index (χ4n) is 3.89. The van der Waals surface area contributed by atoms with Crippen LogP contribution in [0.3, 0.4) is 0 Å². The second-order valence-electron chi connectivity index (χ2n) is 7.57. The number of anilines is 1. The zero-order valence-electron chi connectivity index (χ0n) is 17.5. The molecule has 0 N–H and O–H groups in total. The van der Waals surface area contributed by atoms with Crippen LogP contribution in [0.5, 0.6) is 5.75 Å². The Bertz CT molecular complexity index is 1290. The fourth-order valence-corrected chi connectivity index (χ4v) is 5.59. The summed E-state index contributed by atoms with van der Waals surface area (Å²) in [5, 5.41) is 4.38. The first kappa shape index (κ1) is 21.8. The Morgan fingerprint density at radius 3 is 2.50 bits per heavy atom. The van der Waals surface area contributed by atoms with E-state index in [-0.39, 0.29) is 18.1 Å². The summed E-state index contributed by atoms with van der Waals surface area (Å²) in [6, 6.07) is 18.6. The van der Waals surface area contributed by atoms with Crippen LogP contribution in [-0.4, -0.2) is 48.8 Å². The van der Waals surface area contributed by atoms with E-state index in [1.807, 2.05) is 24.3 Å². The van der Waals surface area contributed by atoms with E-state index in [9.17, 15) is 18.0 Å². The lowest BCUT2D eigenvalue weighted by atomic mass is 10.1. The number of ether oxygens (including phenoxy) is 1. The lowest BCUT2D eigenvalue weighted by molar-refractivity contribution is -0.119. The van der Waals surface area contributed by atoms with Crippen molar-refractivity contribution in [2.75, 3.05) is 23.5 Å². The van der Waals surface area contributed by atoms with E-state index < -0.39 is 27.3 Å². The summed E-state index contributed by atoms with van der Waals surface area (Å²) in [5.74, 6) is 0.135. The molecule has 1 amide bonds. The summed E-state index contributed by atoms with van der Waals surface area (Å²) in [6.45, 7) is -0.312. The van der Waals surface area contributed by atoms with Gasteiger partial charge in [-0.2, -0.15) is 5.10 Å². The largest absolute Gasteiger partial charge is 0.496 e. The third-order valence-corrected chi connectivity index (χ3v) is 7.16. The van der Waals surface area contributed by atoms with Crippen molar-refractivity contribution in [2.24, 2.45) is 0 Å². The molecule has 9 heteroatoms. The number of hydrogen-bond acceptors (Lipinski definition) is 6. The lowest BCUT2D eigenvalue weighted by Gasteiger charge is -2.28. The Morgan fingerprint density at radius 1 is 1.09 bits per heavy atom. The maximum absolute atomic E-state index is 13.3. The normalized spacial score (nSPS) is 17.1. The molecule has 0 saturated carbocycles. The van der Waals surface area contributed by atoms with Gasteiger partial charge in [-0.15, -0.1) is 0 Å². The van der Waals surface area contributed by atoms with Gasteiger partial charge < -0.3 is 9.64 Å². The molecule has 3 aromatic rings. The van der Waals surface area contributed by atoms with E-state index in [0.717, 1.165) is 4.68 Å². The van der Waals surface area contributed by atoms with Crippen LogP contribution >= 0.6 is 0 Å². The fraction of sp³-hybridized carbons (Fsp3) is 0.261. The van der Waals surface area contributed by atoms with E-state index in [0.29, 0.717) is 29.1 Å². The predicted octanol–water partition coefficient (Wildman–Crippen LogP) is 2.14. The highest BCUT2D eigenvalue weighted by Crippen LogP contribution is 2.28.